The van der Waals surface area contributed by atoms with Crippen LogP contribution in [0.2, 0.25) is 0 Å². The molecule has 4 amide bonds. The zero-order chi connectivity index (χ0) is 38.7. The van der Waals surface area contributed by atoms with Gasteiger partial charge in [-0.3, -0.25) is 9.59 Å². The molecule has 1 aromatic carbocycles. The maximum atomic E-state index is 13.6. The number of amides is 4. The molecular formula is C38H46N8O8. The third kappa shape index (κ3) is 9.77. The summed E-state index contributed by atoms with van der Waals surface area (Å²) in [4.78, 5) is 69.5. The summed E-state index contributed by atoms with van der Waals surface area (Å²) in [5.41, 5.74) is 6.41. The molecule has 0 aliphatic carbocycles. The van der Waals surface area contributed by atoms with Gasteiger partial charge in [-0.1, -0.05) is 11.8 Å². The minimum atomic E-state index is -1.46. The first-order valence-corrected chi connectivity index (χ1v) is 17.7. The number of methoxy groups -OCH3 is 3. The van der Waals surface area contributed by atoms with Crippen LogP contribution in [0.5, 0.6) is 0 Å². The smallest absolute Gasteiger partial charge is 0.407 e. The SMILES string of the molecule is COCC[C@H](NC(=O)OC)C(=O)N1CCC[C@H]1c1nc(C#Cc2ccc(C#Cc3c[nH]c([C@@H]4CCCN4C(=O)[C@](C)(CCOC)OC(N)=O)n3)cc2)c[nH]1. The van der Waals surface area contributed by atoms with Crippen molar-refractivity contribution in [2.75, 3.05) is 47.6 Å². The highest BCUT2D eigenvalue weighted by atomic mass is 16.6. The van der Waals surface area contributed by atoms with Crippen molar-refractivity contribution >= 4 is 24.0 Å². The van der Waals surface area contributed by atoms with E-state index in [9.17, 15) is 19.2 Å². The number of aromatic amines is 2. The van der Waals surface area contributed by atoms with Crippen molar-refractivity contribution in [1.29, 1.82) is 0 Å². The number of hydrogen-bond donors (Lipinski definition) is 4. The van der Waals surface area contributed by atoms with Gasteiger partial charge in [0.1, 0.15) is 29.1 Å². The molecule has 16 nitrogen and oxygen atoms in total. The number of nitrogens with two attached hydrogens (primary N) is 1. The number of rotatable bonds is 12. The summed E-state index contributed by atoms with van der Waals surface area (Å²) in [6.07, 6.45) is 5.17. The average molecular weight is 743 g/mol. The van der Waals surface area contributed by atoms with E-state index < -0.39 is 23.8 Å². The summed E-state index contributed by atoms with van der Waals surface area (Å²) in [6.45, 7) is 3.09. The molecule has 16 heteroatoms. The summed E-state index contributed by atoms with van der Waals surface area (Å²) < 4.78 is 20.2. The van der Waals surface area contributed by atoms with Crippen LogP contribution in [0.15, 0.2) is 36.7 Å². The fourth-order valence-electron chi connectivity index (χ4n) is 6.58. The first-order chi connectivity index (χ1) is 26.0. The molecule has 286 valence electrons. The van der Waals surface area contributed by atoms with Crippen molar-refractivity contribution in [1.82, 2.24) is 35.1 Å². The molecule has 2 aliphatic rings. The fourth-order valence-corrected chi connectivity index (χ4v) is 6.58. The fraction of sp³-hybridized carbons (Fsp3) is 0.474. The van der Waals surface area contributed by atoms with Crippen LogP contribution in [0, 0.1) is 23.7 Å². The number of alkyl carbamates (subject to hydrolysis) is 1. The average Bonchev–Trinajstić information content (AvgIpc) is 4.00. The first kappa shape index (κ1) is 39.4. The van der Waals surface area contributed by atoms with Gasteiger partial charge in [0.2, 0.25) is 5.91 Å². The zero-order valence-electron chi connectivity index (χ0n) is 30.9. The van der Waals surface area contributed by atoms with Gasteiger partial charge in [-0.15, -0.1) is 0 Å². The highest BCUT2D eigenvalue weighted by Gasteiger charge is 2.44. The van der Waals surface area contributed by atoms with Crippen molar-refractivity contribution in [3.8, 4) is 23.7 Å². The quantitative estimate of drug-likeness (QED) is 0.200. The van der Waals surface area contributed by atoms with Crippen LogP contribution in [0.3, 0.4) is 0 Å². The van der Waals surface area contributed by atoms with Gasteiger partial charge in [0.15, 0.2) is 5.60 Å². The summed E-state index contributed by atoms with van der Waals surface area (Å²) in [6, 6.07) is 6.07. The Labute approximate surface area is 313 Å². The Morgan fingerprint density at radius 1 is 0.870 bits per heavy atom. The van der Waals surface area contributed by atoms with E-state index in [2.05, 4.69) is 48.9 Å². The minimum Gasteiger partial charge on any atom is -0.453 e. The Morgan fingerprint density at radius 3 is 1.93 bits per heavy atom. The van der Waals surface area contributed by atoms with Crippen LogP contribution in [-0.2, 0) is 28.5 Å². The second-order valence-electron chi connectivity index (χ2n) is 13.1. The number of nitrogens with zero attached hydrogens (tertiary/aromatic N) is 4. The van der Waals surface area contributed by atoms with E-state index in [-0.39, 0.29) is 36.9 Å². The van der Waals surface area contributed by atoms with Crippen LogP contribution in [0.4, 0.5) is 9.59 Å². The molecule has 2 fully saturated rings. The van der Waals surface area contributed by atoms with Crippen LogP contribution < -0.4 is 11.1 Å². The van der Waals surface area contributed by atoms with Gasteiger partial charge in [0, 0.05) is 70.3 Å². The Hall–Kier alpha value is -5.84. The van der Waals surface area contributed by atoms with Gasteiger partial charge in [0.25, 0.3) is 5.91 Å². The molecule has 0 bridgehead atoms. The lowest BCUT2D eigenvalue weighted by atomic mass is 10.00. The van der Waals surface area contributed by atoms with Crippen LogP contribution in [0.25, 0.3) is 0 Å². The van der Waals surface area contributed by atoms with Crippen LogP contribution in [0.1, 0.15) is 91.7 Å². The third-order valence-corrected chi connectivity index (χ3v) is 9.38. The van der Waals surface area contributed by atoms with E-state index in [4.69, 9.17) is 24.7 Å². The summed E-state index contributed by atoms with van der Waals surface area (Å²) in [5, 5.41) is 2.62. The normalized spacial score (nSPS) is 18.1. The van der Waals surface area contributed by atoms with Gasteiger partial charge in [-0.2, -0.15) is 0 Å². The molecule has 3 aromatic rings. The summed E-state index contributed by atoms with van der Waals surface area (Å²) in [5.74, 6) is 13.0. The molecule has 5 N–H and O–H groups in total. The largest absolute Gasteiger partial charge is 0.453 e. The number of hydrogen-bond acceptors (Lipinski definition) is 10. The lowest BCUT2D eigenvalue weighted by molar-refractivity contribution is -0.152. The molecule has 0 spiro atoms. The zero-order valence-corrected chi connectivity index (χ0v) is 30.9. The Balaban J connectivity index is 1.20. The van der Waals surface area contributed by atoms with Crippen molar-refractivity contribution in [3.05, 3.63) is 70.8 Å². The standard InChI is InChI=1S/C38H46N8O8/c1-38(18-22-52-3,54-36(39)49)35(48)46-20-6-8-31(46)33-41-24-28(43-33)16-14-26-11-9-25(10-12-26)13-15-27-23-40-32(42-27)30-7-5-19-45(30)34(47)29(17-21-51-2)44-37(50)53-4/h9-12,23-24,29-31H,5-8,17-22H2,1-4H3,(H2,39,49)(H,40,42)(H,41,43)(H,44,50)/t29-,30-,31-,38-/m0/s1. The summed E-state index contributed by atoms with van der Waals surface area (Å²) in [7, 11) is 4.30. The van der Waals surface area contributed by atoms with Crippen LogP contribution >= 0.6 is 0 Å². The molecule has 2 saturated heterocycles. The lowest BCUT2D eigenvalue weighted by Crippen LogP contribution is -2.51. The van der Waals surface area contributed by atoms with E-state index in [1.807, 2.05) is 24.3 Å². The van der Waals surface area contributed by atoms with Gasteiger partial charge in [-0.25, -0.2) is 19.6 Å². The molecule has 54 heavy (non-hydrogen) atoms. The lowest BCUT2D eigenvalue weighted by Gasteiger charge is -2.34. The predicted molar refractivity (Wildman–Crippen MR) is 194 cm³/mol. The predicted octanol–water partition coefficient (Wildman–Crippen LogP) is 2.91. The van der Waals surface area contributed by atoms with E-state index >= 15 is 0 Å². The Bertz CT molecular complexity index is 1920. The second-order valence-corrected chi connectivity index (χ2v) is 13.1. The number of carbonyl (C=O) groups excluding carboxylic acids is 4. The number of benzene rings is 1. The number of ether oxygens (including phenoxy) is 4. The number of nitrogens with one attached hydrogen (secondary N) is 3. The minimum absolute atomic E-state index is 0.164. The molecule has 0 saturated carbocycles. The summed E-state index contributed by atoms with van der Waals surface area (Å²) >= 11 is 0. The van der Waals surface area contributed by atoms with Gasteiger partial charge >= 0.3 is 12.2 Å². The van der Waals surface area contributed by atoms with Crippen molar-refractivity contribution in [3.63, 3.8) is 0 Å². The van der Waals surface area contributed by atoms with E-state index in [1.54, 1.807) is 29.1 Å². The molecular weight excluding hydrogens is 696 g/mol. The van der Waals surface area contributed by atoms with Gasteiger partial charge in [-0.05, 0) is 68.7 Å². The van der Waals surface area contributed by atoms with Crippen molar-refractivity contribution < 1.29 is 38.1 Å². The van der Waals surface area contributed by atoms with Crippen LogP contribution in [-0.4, -0.2) is 113 Å². The number of aromatic nitrogens is 4. The third-order valence-electron chi connectivity index (χ3n) is 9.38. The van der Waals surface area contributed by atoms with Crippen molar-refractivity contribution in [2.45, 2.75) is 69.2 Å². The molecule has 4 atom stereocenters. The van der Waals surface area contributed by atoms with E-state index in [1.165, 1.54) is 21.3 Å². The molecule has 2 aliphatic heterocycles. The molecule has 0 unspecified atom stereocenters. The maximum absolute atomic E-state index is 13.6. The number of likely N-dealkylation sites (tertiary alicyclic amines) is 2. The maximum Gasteiger partial charge on any atom is 0.407 e. The van der Waals surface area contributed by atoms with Gasteiger partial charge < -0.3 is 49.8 Å². The second kappa shape index (κ2) is 18.3. The topological polar surface area (TPSA) is 207 Å². The first-order valence-electron chi connectivity index (χ1n) is 17.7. The Morgan fingerprint density at radius 2 is 1.41 bits per heavy atom. The Kier molecular flexibility index (Phi) is 13.3. The number of carbonyl (C=O) groups is 4. The molecule has 5 rings (SSSR count). The van der Waals surface area contributed by atoms with E-state index in [0.29, 0.717) is 55.6 Å². The monoisotopic (exact) mass is 742 g/mol. The number of imidazole rings is 2. The number of primary amides is 1. The molecule has 2 aromatic heterocycles. The van der Waals surface area contributed by atoms with Gasteiger partial charge in [0.05, 0.1) is 25.8 Å². The van der Waals surface area contributed by atoms with Crippen molar-refractivity contribution in [2.24, 2.45) is 5.73 Å². The molecule has 4 heterocycles. The number of H-pyrrole nitrogens is 2. The highest BCUT2D eigenvalue weighted by molar-refractivity contribution is 5.88. The highest BCUT2D eigenvalue weighted by Crippen LogP contribution is 2.34. The molecule has 0 radical (unpaired) electrons. The van der Waals surface area contributed by atoms with E-state index in [0.717, 1.165) is 30.4 Å².